The Morgan fingerprint density at radius 2 is 1.69 bits per heavy atom. The number of benzene rings is 1. The molecule has 0 atom stereocenters. The van der Waals surface area contributed by atoms with Gasteiger partial charge in [0.2, 0.25) is 5.43 Å². The van der Waals surface area contributed by atoms with Gasteiger partial charge in [0.25, 0.3) is 0 Å². The van der Waals surface area contributed by atoms with E-state index in [1.165, 1.54) is 17.2 Å². The number of fused-ring (bicyclic) bond motifs is 1. The summed E-state index contributed by atoms with van der Waals surface area (Å²) in [6.45, 7) is 0.785. The first-order valence-electron chi connectivity index (χ1n) is 9.97. The van der Waals surface area contributed by atoms with E-state index in [1.807, 2.05) is 0 Å². The first-order chi connectivity index (χ1) is 15.2. The largest absolute Gasteiger partial charge is 0.478 e. The van der Waals surface area contributed by atoms with Crippen LogP contribution < -0.4 is 10.3 Å². The molecule has 2 aromatic rings. The number of pyridine rings is 1. The highest BCUT2D eigenvalue weighted by Gasteiger charge is 2.29. The van der Waals surface area contributed by atoms with Crippen LogP contribution in [0.25, 0.3) is 10.9 Å². The van der Waals surface area contributed by atoms with Crippen LogP contribution in [0.15, 0.2) is 34.9 Å². The van der Waals surface area contributed by atoms with Gasteiger partial charge in [0.05, 0.1) is 17.3 Å². The van der Waals surface area contributed by atoms with Gasteiger partial charge >= 0.3 is 17.9 Å². The highest BCUT2D eigenvalue weighted by atomic mass is 19.1. The van der Waals surface area contributed by atoms with Crippen LogP contribution in [0.2, 0.25) is 0 Å². The molecule has 1 aliphatic carbocycles. The number of aliphatic carboxylic acids is 2. The van der Waals surface area contributed by atoms with Gasteiger partial charge in [0.15, 0.2) is 0 Å². The van der Waals surface area contributed by atoms with Crippen LogP contribution in [-0.2, 0) is 9.59 Å². The quantitative estimate of drug-likeness (QED) is 0.562. The molecule has 1 saturated heterocycles. The molecule has 0 spiro atoms. The standard InChI is InChI=1S/C21H20FN3O7/c22-14-7-12-15(25(11-1-2-11)10-13(19(12)28)20(29)30)8-16(14)23-3-5-24(6-4-23)17(21(31)32)9-18(26)27/h7-11H,1-6H2,(H,26,27)(H,29,30)(H,31,32). The second-order valence-corrected chi connectivity index (χ2v) is 7.78. The second-order valence-electron chi connectivity index (χ2n) is 7.78. The Balaban J connectivity index is 1.68. The Bertz CT molecular complexity index is 1220. The molecule has 0 unspecified atom stereocenters. The first kappa shape index (κ1) is 21.3. The van der Waals surface area contributed by atoms with Crippen molar-refractivity contribution < 1.29 is 34.1 Å². The number of hydrogen-bond acceptors (Lipinski definition) is 6. The van der Waals surface area contributed by atoms with Gasteiger partial charge in [-0.2, -0.15) is 0 Å². The molecule has 0 radical (unpaired) electrons. The third-order valence-electron chi connectivity index (χ3n) is 5.71. The molecular formula is C21H20FN3O7. The summed E-state index contributed by atoms with van der Waals surface area (Å²) < 4.78 is 16.7. The highest BCUT2D eigenvalue weighted by molar-refractivity contribution is 5.94. The van der Waals surface area contributed by atoms with Gasteiger partial charge < -0.3 is 29.7 Å². The number of halogens is 1. The van der Waals surface area contributed by atoms with Crippen molar-refractivity contribution in [3.8, 4) is 0 Å². The van der Waals surface area contributed by atoms with Crippen molar-refractivity contribution in [1.29, 1.82) is 0 Å². The normalized spacial score (nSPS) is 17.0. The number of piperazine rings is 1. The van der Waals surface area contributed by atoms with Gasteiger partial charge in [-0.25, -0.2) is 18.8 Å². The maximum atomic E-state index is 15.0. The van der Waals surface area contributed by atoms with Crippen molar-refractivity contribution in [2.24, 2.45) is 0 Å². The van der Waals surface area contributed by atoms with Crippen molar-refractivity contribution in [3.63, 3.8) is 0 Å². The number of anilines is 1. The smallest absolute Gasteiger partial charge is 0.352 e. The number of aromatic carboxylic acids is 1. The summed E-state index contributed by atoms with van der Waals surface area (Å²) in [4.78, 5) is 49.4. The molecule has 2 aliphatic rings. The van der Waals surface area contributed by atoms with E-state index < -0.39 is 34.7 Å². The van der Waals surface area contributed by atoms with E-state index in [-0.39, 0.29) is 49.0 Å². The Kier molecular flexibility index (Phi) is 5.33. The van der Waals surface area contributed by atoms with Gasteiger partial charge in [-0.3, -0.25) is 4.79 Å². The third kappa shape index (κ3) is 3.88. The van der Waals surface area contributed by atoms with Crippen molar-refractivity contribution in [2.75, 3.05) is 31.1 Å². The fourth-order valence-corrected chi connectivity index (χ4v) is 4.00. The Labute approximate surface area is 180 Å². The third-order valence-corrected chi connectivity index (χ3v) is 5.71. The molecule has 2 fully saturated rings. The molecule has 3 N–H and O–H groups in total. The lowest BCUT2D eigenvalue weighted by Gasteiger charge is -2.37. The summed E-state index contributed by atoms with van der Waals surface area (Å²) >= 11 is 0. The fourth-order valence-electron chi connectivity index (χ4n) is 4.00. The maximum Gasteiger partial charge on any atom is 0.352 e. The lowest BCUT2D eigenvalue weighted by atomic mass is 10.1. The van der Waals surface area contributed by atoms with E-state index in [4.69, 9.17) is 5.11 Å². The number of carbonyl (C=O) groups is 3. The monoisotopic (exact) mass is 445 g/mol. The predicted molar refractivity (Wildman–Crippen MR) is 111 cm³/mol. The first-order valence-corrected chi connectivity index (χ1v) is 9.97. The highest BCUT2D eigenvalue weighted by Crippen LogP contribution is 2.38. The average Bonchev–Trinajstić information content (AvgIpc) is 3.57. The van der Waals surface area contributed by atoms with Gasteiger partial charge in [0.1, 0.15) is 17.1 Å². The van der Waals surface area contributed by atoms with Gasteiger partial charge in [-0.05, 0) is 25.0 Å². The van der Waals surface area contributed by atoms with Crippen molar-refractivity contribution in [1.82, 2.24) is 9.47 Å². The Morgan fingerprint density at radius 3 is 2.22 bits per heavy atom. The number of aromatic nitrogens is 1. The SMILES string of the molecule is O=C(O)C=C(C(=O)O)N1CCN(c2cc3c(cc2F)c(=O)c(C(=O)O)cn3C2CC2)CC1. The number of hydrogen-bond donors (Lipinski definition) is 3. The van der Waals surface area contributed by atoms with Crippen LogP contribution in [0.4, 0.5) is 10.1 Å². The second kappa shape index (κ2) is 7.98. The summed E-state index contributed by atoms with van der Waals surface area (Å²) in [7, 11) is 0. The molecule has 10 nitrogen and oxygen atoms in total. The number of nitrogens with zero attached hydrogens (tertiary/aromatic N) is 3. The number of carboxylic acids is 3. The van der Waals surface area contributed by atoms with E-state index in [0.717, 1.165) is 18.9 Å². The molecule has 0 bridgehead atoms. The summed E-state index contributed by atoms with van der Waals surface area (Å²) in [5.74, 6) is -4.78. The van der Waals surface area contributed by atoms with Crippen molar-refractivity contribution in [2.45, 2.75) is 18.9 Å². The number of rotatable bonds is 6. The fraction of sp³-hybridized carbons (Fsp3) is 0.333. The van der Waals surface area contributed by atoms with Crippen LogP contribution in [0.3, 0.4) is 0 Å². The van der Waals surface area contributed by atoms with E-state index in [1.54, 1.807) is 9.47 Å². The lowest BCUT2D eigenvalue weighted by Crippen LogP contribution is -2.47. The molecule has 32 heavy (non-hydrogen) atoms. The zero-order valence-corrected chi connectivity index (χ0v) is 16.8. The zero-order chi connectivity index (χ0) is 23.2. The van der Waals surface area contributed by atoms with Gasteiger partial charge in [-0.1, -0.05) is 0 Å². The van der Waals surface area contributed by atoms with Gasteiger partial charge in [-0.15, -0.1) is 0 Å². The Hall–Kier alpha value is -3.89. The van der Waals surface area contributed by atoms with Crippen LogP contribution in [-0.4, -0.2) is 68.9 Å². The topological polar surface area (TPSA) is 140 Å². The minimum Gasteiger partial charge on any atom is -0.478 e. The van der Waals surface area contributed by atoms with E-state index in [0.29, 0.717) is 11.6 Å². The van der Waals surface area contributed by atoms with E-state index in [9.17, 15) is 33.8 Å². The molecule has 168 valence electrons. The molecule has 2 heterocycles. The molecule has 0 amide bonds. The molecule has 1 aliphatic heterocycles. The maximum absolute atomic E-state index is 15.0. The minimum absolute atomic E-state index is 0.00533. The molecule has 1 aromatic heterocycles. The lowest BCUT2D eigenvalue weighted by molar-refractivity contribution is -0.136. The predicted octanol–water partition coefficient (Wildman–Crippen LogP) is 1.35. The molecule has 11 heteroatoms. The zero-order valence-electron chi connectivity index (χ0n) is 16.8. The van der Waals surface area contributed by atoms with Crippen molar-refractivity contribution >= 4 is 34.5 Å². The minimum atomic E-state index is -1.37. The summed E-state index contributed by atoms with van der Waals surface area (Å²) in [6, 6.07) is 2.62. The molecule has 4 rings (SSSR count). The molecule has 1 saturated carbocycles. The summed E-state index contributed by atoms with van der Waals surface area (Å²) in [5, 5.41) is 27.5. The van der Waals surface area contributed by atoms with Crippen LogP contribution in [0.5, 0.6) is 0 Å². The summed E-state index contributed by atoms with van der Waals surface area (Å²) in [5.41, 5.74) is -0.840. The Morgan fingerprint density at radius 1 is 1.03 bits per heavy atom. The van der Waals surface area contributed by atoms with Gasteiger partial charge in [0, 0.05) is 43.8 Å². The average molecular weight is 445 g/mol. The molecule has 1 aromatic carbocycles. The van der Waals surface area contributed by atoms with Crippen molar-refractivity contribution in [3.05, 3.63) is 51.7 Å². The van der Waals surface area contributed by atoms with Crippen LogP contribution in [0, 0.1) is 5.82 Å². The van der Waals surface area contributed by atoms with E-state index >= 15 is 0 Å². The number of carboxylic acid groups (broad SMARTS) is 3. The summed E-state index contributed by atoms with van der Waals surface area (Å²) in [6.07, 6.45) is 3.59. The van der Waals surface area contributed by atoms with E-state index in [2.05, 4.69) is 0 Å². The van der Waals surface area contributed by atoms with Crippen LogP contribution in [0.1, 0.15) is 29.2 Å². The molecular weight excluding hydrogens is 425 g/mol. The van der Waals surface area contributed by atoms with Crippen LogP contribution >= 0.6 is 0 Å².